The molecule has 1 heterocycles. The van der Waals surface area contributed by atoms with Gasteiger partial charge < -0.3 is 15.1 Å². The molecular formula is C11H23N3O. The van der Waals surface area contributed by atoms with Gasteiger partial charge in [0.25, 0.3) is 0 Å². The number of hydrogen-bond donors (Lipinski definition) is 1. The van der Waals surface area contributed by atoms with Gasteiger partial charge in [0.15, 0.2) is 0 Å². The van der Waals surface area contributed by atoms with Crippen LogP contribution in [0.25, 0.3) is 0 Å². The minimum atomic E-state index is -0.0750. The number of rotatable bonds is 4. The van der Waals surface area contributed by atoms with Crippen LogP contribution in [0, 0.1) is 0 Å². The molecule has 1 rings (SSSR count). The molecule has 0 aromatic rings. The molecule has 0 aromatic carbocycles. The molecule has 1 aliphatic heterocycles. The Kier molecular flexibility index (Phi) is 4.54. The van der Waals surface area contributed by atoms with Crippen LogP contribution in [0.4, 0.5) is 0 Å². The van der Waals surface area contributed by atoms with E-state index in [1.54, 1.807) is 19.0 Å². The molecule has 0 spiro atoms. The average molecular weight is 213 g/mol. The van der Waals surface area contributed by atoms with E-state index in [0.29, 0.717) is 6.04 Å². The Morgan fingerprint density at radius 1 is 1.60 bits per heavy atom. The lowest BCUT2D eigenvalue weighted by molar-refractivity contribution is -0.130. The van der Waals surface area contributed by atoms with E-state index >= 15 is 0 Å². The lowest BCUT2D eigenvalue weighted by atomic mass is 10.2. The number of likely N-dealkylation sites (N-methyl/N-ethyl adjacent to an activating group) is 2. The molecule has 0 saturated carbocycles. The van der Waals surface area contributed by atoms with Crippen molar-refractivity contribution in [3.05, 3.63) is 0 Å². The lowest BCUT2D eigenvalue weighted by Gasteiger charge is -2.23. The summed E-state index contributed by atoms with van der Waals surface area (Å²) in [4.78, 5) is 15.6. The Morgan fingerprint density at radius 2 is 2.27 bits per heavy atom. The maximum Gasteiger partial charge on any atom is 0.238 e. The van der Waals surface area contributed by atoms with Crippen LogP contribution in [-0.2, 0) is 4.79 Å². The number of likely N-dealkylation sites (tertiary alicyclic amines) is 1. The van der Waals surface area contributed by atoms with Crippen molar-refractivity contribution in [2.75, 3.05) is 34.2 Å². The van der Waals surface area contributed by atoms with Gasteiger partial charge in [-0.2, -0.15) is 0 Å². The van der Waals surface area contributed by atoms with Crippen molar-refractivity contribution in [3.63, 3.8) is 0 Å². The molecular weight excluding hydrogens is 190 g/mol. The molecule has 1 amide bonds. The molecule has 2 unspecified atom stereocenters. The maximum absolute atomic E-state index is 11.6. The molecule has 88 valence electrons. The van der Waals surface area contributed by atoms with Crippen LogP contribution in [0.2, 0.25) is 0 Å². The fourth-order valence-electron chi connectivity index (χ4n) is 2.02. The Morgan fingerprint density at radius 3 is 2.73 bits per heavy atom. The minimum absolute atomic E-state index is 0.0750. The molecule has 0 bridgehead atoms. The van der Waals surface area contributed by atoms with Gasteiger partial charge in [0, 0.05) is 26.7 Å². The standard InChI is InChI=1S/C11H23N3O/c1-9(11(15)13(2)3)12-8-10-6-5-7-14(10)4/h9-10,12H,5-8H2,1-4H3. The second-order valence-corrected chi connectivity index (χ2v) is 4.64. The number of nitrogens with one attached hydrogen (secondary N) is 1. The Balaban J connectivity index is 2.27. The highest BCUT2D eigenvalue weighted by Crippen LogP contribution is 2.13. The molecule has 0 aromatic heterocycles. The van der Waals surface area contributed by atoms with Crippen LogP contribution in [0.5, 0.6) is 0 Å². The fourth-order valence-corrected chi connectivity index (χ4v) is 2.02. The highest BCUT2D eigenvalue weighted by atomic mass is 16.2. The molecule has 1 saturated heterocycles. The van der Waals surface area contributed by atoms with E-state index in [1.165, 1.54) is 19.4 Å². The monoisotopic (exact) mass is 213 g/mol. The minimum Gasteiger partial charge on any atom is -0.347 e. The lowest BCUT2D eigenvalue weighted by Crippen LogP contribution is -2.46. The predicted molar refractivity (Wildman–Crippen MR) is 61.8 cm³/mol. The van der Waals surface area contributed by atoms with Gasteiger partial charge in [-0.1, -0.05) is 0 Å². The number of nitrogens with zero attached hydrogens (tertiary/aromatic N) is 2. The van der Waals surface area contributed by atoms with Gasteiger partial charge in [-0.05, 0) is 33.4 Å². The topological polar surface area (TPSA) is 35.6 Å². The zero-order valence-electron chi connectivity index (χ0n) is 10.3. The van der Waals surface area contributed by atoms with Gasteiger partial charge in [-0.3, -0.25) is 4.79 Å². The zero-order valence-corrected chi connectivity index (χ0v) is 10.3. The molecule has 0 aliphatic carbocycles. The summed E-state index contributed by atoms with van der Waals surface area (Å²) in [6, 6.07) is 0.524. The molecule has 4 heteroatoms. The first-order chi connectivity index (χ1) is 7.02. The van der Waals surface area contributed by atoms with Gasteiger partial charge in [-0.15, -0.1) is 0 Å². The van der Waals surface area contributed by atoms with E-state index in [1.807, 2.05) is 6.92 Å². The Hall–Kier alpha value is -0.610. The van der Waals surface area contributed by atoms with Crippen LogP contribution in [0.3, 0.4) is 0 Å². The van der Waals surface area contributed by atoms with Crippen molar-refractivity contribution >= 4 is 5.91 Å². The molecule has 1 N–H and O–H groups in total. The van der Waals surface area contributed by atoms with Crippen LogP contribution in [-0.4, -0.2) is 62.0 Å². The van der Waals surface area contributed by atoms with Gasteiger partial charge in [0.05, 0.1) is 6.04 Å². The largest absolute Gasteiger partial charge is 0.347 e. The molecule has 2 atom stereocenters. The summed E-state index contributed by atoms with van der Waals surface area (Å²) in [5, 5.41) is 3.30. The molecule has 15 heavy (non-hydrogen) atoms. The van der Waals surface area contributed by atoms with Crippen molar-refractivity contribution in [2.45, 2.75) is 31.8 Å². The molecule has 1 aliphatic rings. The third-order valence-electron chi connectivity index (χ3n) is 3.14. The summed E-state index contributed by atoms with van der Waals surface area (Å²) in [5.41, 5.74) is 0. The van der Waals surface area contributed by atoms with E-state index in [0.717, 1.165) is 6.54 Å². The first-order valence-corrected chi connectivity index (χ1v) is 5.67. The Labute approximate surface area is 92.6 Å². The third-order valence-corrected chi connectivity index (χ3v) is 3.14. The van der Waals surface area contributed by atoms with Gasteiger partial charge in [-0.25, -0.2) is 0 Å². The normalized spacial score (nSPS) is 24.1. The number of amides is 1. The predicted octanol–water partition coefficient (Wildman–Crippen LogP) is 0.147. The summed E-state index contributed by atoms with van der Waals surface area (Å²) in [6.45, 7) is 4.02. The average Bonchev–Trinajstić information content (AvgIpc) is 2.59. The summed E-state index contributed by atoms with van der Waals surface area (Å²) in [6.07, 6.45) is 2.52. The molecule has 4 nitrogen and oxygen atoms in total. The van der Waals surface area contributed by atoms with E-state index in [4.69, 9.17) is 0 Å². The summed E-state index contributed by atoms with van der Waals surface area (Å²) >= 11 is 0. The molecule has 0 radical (unpaired) electrons. The summed E-state index contributed by atoms with van der Waals surface area (Å²) in [7, 11) is 5.74. The van der Waals surface area contributed by atoms with Gasteiger partial charge in [0.2, 0.25) is 5.91 Å². The van der Waals surface area contributed by atoms with Crippen molar-refractivity contribution < 1.29 is 4.79 Å². The van der Waals surface area contributed by atoms with Crippen LogP contribution >= 0.6 is 0 Å². The second-order valence-electron chi connectivity index (χ2n) is 4.64. The number of carbonyl (C=O) groups is 1. The van der Waals surface area contributed by atoms with Crippen molar-refractivity contribution in [3.8, 4) is 0 Å². The van der Waals surface area contributed by atoms with Gasteiger partial charge >= 0.3 is 0 Å². The quantitative estimate of drug-likeness (QED) is 0.722. The number of carbonyl (C=O) groups excluding carboxylic acids is 1. The zero-order chi connectivity index (χ0) is 11.4. The highest BCUT2D eigenvalue weighted by molar-refractivity contribution is 5.80. The van der Waals surface area contributed by atoms with E-state index in [9.17, 15) is 4.79 Å². The van der Waals surface area contributed by atoms with Crippen LogP contribution in [0.15, 0.2) is 0 Å². The number of hydrogen-bond acceptors (Lipinski definition) is 3. The first-order valence-electron chi connectivity index (χ1n) is 5.67. The van der Waals surface area contributed by atoms with Crippen LogP contribution < -0.4 is 5.32 Å². The van der Waals surface area contributed by atoms with Crippen molar-refractivity contribution in [1.82, 2.24) is 15.1 Å². The van der Waals surface area contributed by atoms with E-state index in [-0.39, 0.29) is 11.9 Å². The third kappa shape index (κ3) is 3.47. The highest BCUT2D eigenvalue weighted by Gasteiger charge is 2.22. The SMILES string of the molecule is CC(NCC1CCCN1C)C(=O)N(C)C. The smallest absolute Gasteiger partial charge is 0.238 e. The van der Waals surface area contributed by atoms with E-state index < -0.39 is 0 Å². The summed E-state index contributed by atoms with van der Waals surface area (Å²) in [5.74, 6) is 0.149. The fraction of sp³-hybridized carbons (Fsp3) is 0.909. The second kappa shape index (κ2) is 5.47. The van der Waals surface area contributed by atoms with Crippen molar-refractivity contribution in [2.24, 2.45) is 0 Å². The Bertz CT molecular complexity index is 218. The van der Waals surface area contributed by atoms with Crippen molar-refractivity contribution in [1.29, 1.82) is 0 Å². The summed E-state index contributed by atoms with van der Waals surface area (Å²) < 4.78 is 0. The van der Waals surface area contributed by atoms with Gasteiger partial charge in [0.1, 0.15) is 0 Å². The first kappa shape index (κ1) is 12.5. The van der Waals surface area contributed by atoms with Crippen LogP contribution in [0.1, 0.15) is 19.8 Å². The maximum atomic E-state index is 11.6. The molecule has 1 fully saturated rings. The van der Waals surface area contributed by atoms with E-state index in [2.05, 4.69) is 17.3 Å².